The maximum Gasteiger partial charge on any atom is 0.251 e. The van der Waals surface area contributed by atoms with Gasteiger partial charge in [-0.15, -0.1) is 0 Å². The fourth-order valence-electron chi connectivity index (χ4n) is 2.89. The van der Waals surface area contributed by atoms with Gasteiger partial charge in [-0.25, -0.2) is 12.7 Å². The highest BCUT2D eigenvalue weighted by molar-refractivity contribution is 7.88. The summed E-state index contributed by atoms with van der Waals surface area (Å²) in [4.78, 5) is 12.2. The fourth-order valence-corrected chi connectivity index (χ4v) is 3.99. The summed E-state index contributed by atoms with van der Waals surface area (Å²) in [5.41, 5.74) is 0.467. The maximum absolute atomic E-state index is 12.2. The van der Waals surface area contributed by atoms with Gasteiger partial charge in [-0.2, -0.15) is 0 Å². The van der Waals surface area contributed by atoms with E-state index in [0.29, 0.717) is 55.4 Å². The smallest absolute Gasteiger partial charge is 0.251 e. The zero-order valence-electron chi connectivity index (χ0n) is 16.6. The van der Waals surface area contributed by atoms with Crippen LogP contribution in [0.4, 0.5) is 0 Å². The van der Waals surface area contributed by atoms with E-state index in [1.165, 1.54) is 10.6 Å². The van der Waals surface area contributed by atoms with E-state index in [9.17, 15) is 13.2 Å². The van der Waals surface area contributed by atoms with Crippen LogP contribution in [0.3, 0.4) is 0 Å². The highest BCUT2D eigenvalue weighted by Crippen LogP contribution is 2.28. The van der Waals surface area contributed by atoms with Crippen LogP contribution in [0, 0.1) is 0 Å². The molecule has 1 fully saturated rings. The van der Waals surface area contributed by atoms with Crippen molar-refractivity contribution in [1.29, 1.82) is 0 Å². The van der Waals surface area contributed by atoms with Gasteiger partial charge >= 0.3 is 0 Å². The van der Waals surface area contributed by atoms with Crippen LogP contribution in [0.15, 0.2) is 18.2 Å². The molecule has 1 amide bonds. The van der Waals surface area contributed by atoms with Crippen LogP contribution in [-0.2, 0) is 14.8 Å². The largest absolute Gasteiger partial charge is 0.489 e. The Balaban J connectivity index is 1.83. The zero-order chi connectivity index (χ0) is 20.7. The Morgan fingerprint density at radius 1 is 1.32 bits per heavy atom. The number of ether oxygens (including phenoxy) is 2. The van der Waals surface area contributed by atoms with E-state index in [0.717, 1.165) is 6.42 Å². The van der Waals surface area contributed by atoms with Crippen molar-refractivity contribution in [3.8, 4) is 5.75 Å². The topological polar surface area (TPSA) is 84.9 Å². The third-order valence-electron chi connectivity index (χ3n) is 4.42. The summed E-state index contributed by atoms with van der Waals surface area (Å²) in [5, 5.41) is 3.20. The number of amides is 1. The Hall–Kier alpha value is -1.35. The van der Waals surface area contributed by atoms with Gasteiger partial charge in [0.05, 0.1) is 17.4 Å². The van der Waals surface area contributed by atoms with Gasteiger partial charge in [0.25, 0.3) is 5.91 Å². The number of benzene rings is 1. The van der Waals surface area contributed by atoms with Crippen molar-refractivity contribution >= 4 is 27.5 Å². The number of nitrogens with zero attached hydrogens (tertiary/aromatic N) is 1. The van der Waals surface area contributed by atoms with E-state index in [-0.39, 0.29) is 18.1 Å². The molecular weight excluding hydrogens is 404 g/mol. The monoisotopic (exact) mass is 432 g/mol. The van der Waals surface area contributed by atoms with Gasteiger partial charge in [0, 0.05) is 31.8 Å². The number of halogens is 1. The lowest BCUT2D eigenvalue weighted by molar-refractivity contribution is 0.0757. The molecular formula is C19H29ClN2O5S. The Kier molecular flexibility index (Phi) is 8.55. The fraction of sp³-hybridized carbons (Fsp3) is 0.632. The average Bonchev–Trinajstić information content (AvgIpc) is 2.62. The minimum absolute atomic E-state index is 0.101. The molecule has 1 saturated heterocycles. The minimum atomic E-state index is -3.16. The molecule has 1 aromatic carbocycles. The molecule has 0 spiro atoms. The predicted molar refractivity (Wildman–Crippen MR) is 110 cm³/mol. The first-order valence-electron chi connectivity index (χ1n) is 9.48. The Bertz CT molecular complexity index is 762. The average molecular weight is 433 g/mol. The second-order valence-electron chi connectivity index (χ2n) is 7.15. The van der Waals surface area contributed by atoms with Crippen molar-refractivity contribution < 1.29 is 22.7 Å². The van der Waals surface area contributed by atoms with Gasteiger partial charge in [-0.05, 0) is 51.3 Å². The lowest BCUT2D eigenvalue weighted by Gasteiger charge is -2.30. The number of carbonyl (C=O) groups is 1. The molecule has 1 aliphatic rings. The molecule has 0 aromatic heterocycles. The summed E-state index contributed by atoms with van der Waals surface area (Å²) in [7, 11) is -3.16. The van der Waals surface area contributed by atoms with Crippen LogP contribution >= 0.6 is 11.6 Å². The molecule has 7 nitrogen and oxygen atoms in total. The lowest BCUT2D eigenvalue weighted by Crippen LogP contribution is -2.41. The third-order valence-corrected chi connectivity index (χ3v) is 6.01. The van der Waals surface area contributed by atoms with Crippen molar-refractivity contribution in [3.05, 3.63) is 28.8 Å². The highest BCUT2D eigenvalue weighted by Gasteiger charge is 2.26. The molecule has 0 aliphatic carbocycles. The number of carbonyl (C=O) groups excluding carboxylic acids is 1. The zero-order valence-corrected chi connectivity index (χ0v) is 18.2. The van der Waals surface area contributed by atoms with E-state index in [1.54, 1.807) is 18.2 Å². The van der Waals surface area contributed by atoms with Crippen LogP contribution < -0.4 is 10.1 Å². The first kappa shape index (κ1) is 22.9. The van der Waals surface area contributed by atoms with Gasteiger partial charge in [0.2, 0.25) is 10.0 Å². The van der Waals surface area contributed by atoms with Crippen molar-refractivity contribution in [2.45, 2.75) is 45.3 Å². The first-order valence-corrected chi connectivity index (χ1v) is 11.7. The normalized spacial score (nSPS) is 16.3. The standard InChI is InChI=1S/C19H29ClN2O5S/c1-14(2)26-12-4-9-21-19(23)15-5-6-18(17(20)13-15)27-16-7-10-22(11-8-16)28(3,24)25/h5-6,13-14,16H,4,7-12H2,1-3H3,(H,21,23). The van der Waals surface area contributed by atoms with Crippen LogP contribution in [0.5, 0.6) is 5.75 Å². The third kappa shape index (κ3) is 7.24. The first-order chi connectivity index (χ1) is 13.2. The van der Waals surface area contributed by atoms with E-state index in [2.05, 4.69) is 5.32 Å². The molecule has 1 aliphatic heterocycles. The maximum atomic E-state index is 12.2. The van der Waals surface area contributed by atoms with Crippen molar-refractivity contribution in [2.75, 3.05) is 32.5 Å². The molecule has 0 radical (unpaired) electrons. The van der Waals surface area contributed by atoms with Gasteiger partial charge in [0.1, 0.15) is 11.9 Å². The molecule has 158 valence electrons. The Labute approximate surface area is 172 Å². The molecule has 1 N–H and O–H groups in total. The van der Waals surface area contributed by atoms with Gasteiger partial charge < -0.3 is 14.8 Å². The summed E-state index contributed by atoms with van der Waals surface area (Å²) < 4.78 is 35.9. The molecule has 1 aromatic rings. The van der Waals surface area contributed by atoms with Crippen LogP contribution in [0.1, 0.15) is 43.5 Å². The second-order valence-corrected chi connectivity index (χ2v) is 9.54. The molecule has 0 saturated carbocycles. The van der Waals surface area contributed by atoms with E-state index in [4.69, 9.17) is 21.1 Å². The number of piperidine rings is 1. The lowest BCUT2D eigenvalue weighted by atomic mass is 10.1. The Morgan fingerprint density at radius 3 is 2.57 bits per heavy atom. The molecule has 28 heavy (non-hydrogen) atoms. The summed E-state index contributed by atoms with van der Waals surface area (Å²) >= 11 is 6.28. The van der Waals surface area contributed by atoms with Gasteiger partial charge in [-0.1, -0.05) is 11.6 Å². The molecule has 1 heterocycles. The molecule has 0 bridgehead atoms. The molecule has 9 heteroatoms. The summed E-state index contributed by atoms with van der Waals surface area (Å²) in [6.45, 7) is 5.94. The minimum Gasteiger partial charge on any atom is -0.489 e. The number of sulfonamides is 1. The van der Waals surface area contributed by atoms with Crippen LogP contribution in [0.25, 0.3) is 0 Å². The van der Waals surface area contributed by atoms with Gasteiger partial charge in [-0.3, -0.25) is 4.79 Å². The van der Waals surface area contributed by atoms with Crippen molar-refractivity contribution in [1.82, 2.24) is 9.62 Å². The number of hydrogen-bond donors (Lipinski definition) is 1. The molecule has 0 unspecified atom stereocenters. The number of rotatable bonds is 9. The van der Waals surface area contributed by atoms with Crippen LogP contribution in [-0.4, -0.2) is 63.3 Å². The van der Waals surface area contributed by atoms with Crippen molar-refractivity contribution in [3.63, 3.8) is 0 Å². The molecule has 0 atom stereocenters. The second kappa shape index (κ2) is 10.4. The van der Waals surface area contributed by atoms with Crippen LogP contribution in [0.2, 0.25) is 5.02 Å². The summed E-state index contributed by atoms with van der Waals surface area (Å²) in [6, 6.07) is 4.94. The van der Waals surface area contributed by atoms with E-state index < -0.39 is 10.0 Å². The summed E-state index contributed by atoms with van der Waals surface area (Å²) in [5.74, 6) is 0.306. The SMILES string of the molecule is CC(C)OCCCNC(=O)c1ccc(OC2CCN(S(C)(=O)=O)CC2)c(Cl)c1. The number of hydrogen-bond acceptors (Lipinski definition) is 5. The quantitative estimate of drug-likeness (QED) is 0.606. The van der Waals surface area contributed by atoms with E-state index >= 15 is 0 Å². The van der Waals surface area contributed by atoms with E-state index in [1.807, 2.05) is 13.8 Å². The molecule has 2 rings (SSSR count). The number of nitrogens with one attached hydrogen (secondary N) is 1. The highest BCUT2D eigenvalue weighted by atomic mass is 35.5. The summed E-state index contributed by atoms with van der Waals surface area (Å²) in [6.07, 6.45) is 3.24. The Morgan fingerprint density at radius 2 is 2.00 bits per heavy atom. The van der Waals surface area contributed by atoms with Gasteiger partial charge in [0.15, 0.2) is 0 Å². The van der Waals surface area contributed by atoms with Crippen molar-refractivity contribution in [2.24, 2.45) is 0 Å². The predicted octanol–water partition coefficient (Wildman–Crippen LogP) is 2.69.